The lowest BCUT2D eigenvalue weighted by atomic mass is 9.84. The van der Waals surface area contributed by atoms with Crippen LogP contribution in [0, 0.1) is 12.8 Å². The molecular weight excluding hydrogens is 219 g/mol. The number of aryl methyl sites for hydroxylation is 1. The molecule has 3 atom stereocenters. The first-order valence-electron chi connectivity index (χ1n) is 5.85. The summed E-state index contributed by atoms with van der Waals surface area (Å²) in [7, 11) is 2.80. The fraction of sp³-hybridized carbons (Fsp3) is 0.583. The van der Waals surface area contributed by atoms with Crippen LogP contribution >= 0.6 is 9.39 Å². The molecule has 0 aliphatic carbocycles. The minimum Gasteiger partial charge on any atom is -0.312 e. The van der Waals surface area contributed by atoms with Crippen molar-refractivity contribution >= 4 is 9.39 Å². The fourth-order valence-electron chi connectivity index (χ4n) is 3.09. The molecule has 0 aromatic carbocycles. The molecule has 3 heterocycles. The standard InChI is InChI=1S/C12H17N2OP/c1-8-2-3-11-10-4-9(5-13(16)7-10)6-14(11)12(8)15/h2-3,9-10H,4-7,16H2,1H3. The van der Waals surface area contributed by atoms with Crippen molar-refractivity contribution in [2.45, 2.75) is 25.8 Å². The molecule has 1 saturated heterocycles. The van der Waals surface area contributed by atoms with Crippen molar-refractivity contribution < 1.29 is 0 Å². The number of hydrogen-bond donors (Lipinski definition) is 0. The summed E-state index contributed by atoms with van der Waals surface area (Å²) in [5.74, 6) is 1.18. The highest BCUT2D eigenvalue weighted by molar-refractivity contribution is 7.13. The van der Waals surface area contributed by atoms with Gasteiger partial charge in [-0.3, -0.25) is 9.46 Å². The van der Waals surface area contributed by atoms with Crippen molar-refractivity contribution in [2.75, 3.05) is 13.1 Å². The highest BCUT2D eigenvalue weighted by atomic mass is 31.0. The maximum atomic E-state index is 12.1. The van der Waals surface area contributed by atoms with E-state index < -0.39 is 0 Å². The number of rotatable bonds is 0. The Morgan fingerprint density at radius 2 is 2.12 bits per heavy atom. The van der Waals surface area contributed by atoms with E-state index in [1.165, 1.54) is 12.1 Å². The summed E-state index contributed by atoms with van der Waals surface area (Å²) in [6.07, 6.45) is 1.24. The Kier molecular flexibility index (Phi) is 2.41. The molecule has 4 heteroatoms. The molecule has 3 rings (SSSR count). The zero-order valence-corrected chi connectivity index (χ0v) is 10.7. The quantitative estimate of drug-likeness (QED) is 0.636. The largest absolute Gasteiger partial charge is 0.312 e. The zero-order chi connectivity index (χ0) is 11.3. The number of nitrogens with zero attached hydrogens (tertiary/aromatic N) is 2. The number of fused-ring (bicyclic) bond motifs is 4. The summed E-state index contributed by atoms with van der Waals surface area (Å²) in [6.45, 7) is 4.96. The molecule has 2 aliphatic heterocycles. The molecule has 0 spiro atoms. The minimum absolute atomic E-state index is 0.212. The first-order chi connectivity index (χ1) is 7.65. The molecule has 3 nitrogen and oxygen atoms in total. The van der Waals surface area contributed by atoms with E-state index in [1.54, 1.807) is 0 Å². The smallest absolute Gasteiger partial charge is 0.253 e. The molecule has 1 aromatic heterocycles. The Labute approximate surface area is 97.7 Å². The monoisotopic (exact) mass is 236 g/mol. The van der Waals surface area contributed by atoms with Crippen LogP contribution in [0.25, 0.3) is 0 Å². The van der Waals surface area contributed by atoms with Gasteiger partial charge in [-0.15, -0.1) is 0 Å². The van der Waals surface area contributed by atoms with Crippen LogP contribution in [0.4, 0.5) is 0 Å². The molecule has 0 amide bonds. The normalized spacial score (nSPS) is 28.9. The predicted molar refractivity (Wildman–Crippen MR) is 67.6 cm³/mol. The molecule has 16 heavy (non-hydrogen) atoms. The van der Waals surface area contributed by atoms with Crippen molar-refractivity contribution in [3.05, 3.63) is 33.7 Å². The Bertz CT molecular complexity index is 482. The van der Waals surface area contributed by atoms with Gasteiger partial charge in [0.25, 0.3) is 5.56 Å². The van der Waals surface area contributed by atoms with Gasteiger partial charge in [0.1, 0.15) is 0 Å². The van der Waals surface area contributed by atoms with Crippen molar-refractivity contribution in [3.8, 4) is 0 Å². The Morgan fingerprint density at radius 1 is 1.31 bits per heavy atom. The average molecular weight is 236 g/mol. The van der Waals surface area contributed by atoms with Crippen molar-refractivity contribution in [1.82, 2.24) is 9.24 Å². The third kappa shape index (κ3) is 1.54. The summed E-state index contributed by atoms with van der Waals surface area (Å²) >= 11 is 0. The molecule has 0 radical (unpaired) electrons. The molecule has 2 bridgehead atoms. The molecule has 0 N–H and O–H groups in total. The maximum Gasteiger partial charge on any atom is 0.253 e. The fourth-order valence-corrected chi connectivity index (χ4v) is 3.64. The van der Waals surface area contributed by atoms with Gasteiger partial charge in [-0.2, -0.15) is 0 Å². The van der Waals surface area contributed by atoms with Crippen LogP contribution < -0.4 is 5.56 Å². The summed E-state index contributed by atoms with van der Waals surface area (Å²) in [6, 6.07) is 4.11. The Hall–Kier alpha value is -0.660. The van der Waals surface area contributed by atoms with Gasteiger partial charge in [-0.05, 0) is 25.3 Å². The van der Waals surface area contributed by atoms with E-state index in [9.17, 15) is 4.79 Å². The highest BCUT2D eigenvalue weighted by Crippen LogP contribution is 2.36. The lowest BCUT2D eigenvalue weighted by Gasteiger charge is -2.41. The van der Waals surface area contributed by atoms with E-state index in [0.29, 0.717) is 11.8 Å². The summed E-state index contributed by atoms with van der Waals surface area (Å²) < 4.78 is 4.32. The van der Waals surface area contributed by atoms with E-state index in [-0.39, 0.29) is 5.56 Å². The highest BCUT2D eigenvalue weighted by Gasteiger charge is 2.33. The van der Waals surface area contributed by atoms with Gasteiger partial charge in [0.2, 0.25) is 0 Å². The van der Waals surface area contributed by atoms with Crippen LogP contribution in [0.5, 0.6) is 0 Å². The van der Waals surface area contributed by atoms with Crippen molar-refractivity contribution in [3.63, 3.8) is 0 Å². The van der Waals surface area contributed by atoms with Crippen LogP contribution in [0.15, 0.2) is 16.9 Å². The Balaban J connectivity index is 2.12. The number of aromatic nitrogens is 1. The second-order valence-corrected chi connectivity index (χ2v) is 5.84. The average Bonchev–Trinajstić information content (AvgIpc) is 2.23. The minimum atomic E-state index is 0.212. The van der Waals surface area contributed by atoms with Crippen LogP contribution in [-0.4, -0.2) is 22.3 Å². The van der Waals surface area contributed by atoms with Crippen molar-refractivity contribution in [1.29, 1.82) is 0 Å². The van der Waals surface area contributed by atoms with Crippen molar-refractivity contribution in [2.24, 2.45) is 5.92 Å². The maximum absolute atomic E-state index is 12.1. The van der Waals surface area contributed by atoms with Crippen LogP contribution in [0.2, 0.25) is 0 Å². The molecule has 0 saturated carbocycles. The summed E-state index contributed by atoms with van der Waals surface area (Å²) in [5, 5.41) is 0. The molecule has 86 valence electrons. The lowest BCUT2D eigenvalue weighted by molar-refractivity contribution is 0.195. The topological polar surface area (TPSA) is 25.2 Å². The van der Waals surface area contributed by atoms with Crippen LogP contribution in [-0.2, 0) is 6.54 Å². The number of hydrogen-bond acceptors (Lipinski definition) is 2. The molecule has 3 unspecified atom stereocenters. The Morgan fingerprint density at radius 3 is 2.94 bits per heavy atom. The lowest BCUT2D eigenvalue weighted by Crippen LogP contribution is -2.44. The molecular formula is C12H17N2OP. The van der Waals surface area contributed by atoms with Gasteiger partial charge in [-0.1, -0.05) is 15.5 Å². The molecule has 1 aromatic rings. The SMILES string of the molecule is Cc1ccc2n(c1=O)CC1CC2CN(P)C1. The zero-order valence-electron chi connectivity index (χ0n) is 9.52. The van der Waals surface area contributed by atoms with Gasteiger partial charge in [0.05, 0.1) is 0 Å². The van der Waals surface area contributed by atoms with Gasteiger partial charge < -0.3 is 4.57 Å². The second kappa shape index (κ2) is 3.68. The first-order valence-corrected chi connectivity index (χ1v) is 6.37. The predicted octanol–water partition coefficient (Wildman–Crippen LogP) is 1.37. The molecule has 2 aliphatic rings. The van der Waals surface area contributed by atoms with E-state index in [4.69, 9.17) is 0 Å². The van der Waals surface area contributed by atoms with E-state index in [0.717, 1.165) is 25.2 Å². The number of piperidine rings is 1. The van der Waals surface area contributed by atoms with Gasteiger partial charge in [0.15, 0.2) is 0 Å². The van der Waals surface area contributed by atoms with Crippen LogP contribution in [0.3, 0.4) is 0 Å². The first kappa shape index (κ1) is 10.5. The third-order valence-electron chi connectivity index (χ3n) is 3.82. The van der Waals surface area contributed by atoms with E-state index in [1.807, 2.05) is 17.6 Å². The summed E-state index contributed by atoms with van der Waals surface area (Å²) in [5.41, 5.74) is 2.31. The van der Waals surface area contributed by atoms with E-state index in [2.05, 4.69) is 20.1 Å². The second-order valence-electron chi connectivity index (χ2n) is 5.11. The molecule has 1 fully saturated rings. The van der Waals surface area contributed by atoms with Gasteiger partial charge >= 0.3 is 0 Å². The summed E-state index contributed by atoms with van der Waals surface area (Å²) in [4.78, 5) is 12.1. The number of pyridine rings is 1. The van der Waals surface area contributed by atoms with E-state index >= 15 is 0 Å². The van der Waals surface area contributed by atoms with Gasteiger partial charge in [-0.25, -0.2) is 0 Å². The van der Waals surface area contributed by atoms with Gasteiger partial charge in [0, 0.05) is 36.8 Å². The third-order valence-corrected chi connectivity index (χ3v) is 4.24. The van der Waals surface area contributed by atoms with Crippen LogP contribution in [0.1, 0.15) is 23.6 Å².